The van der Waals surface area contributed by atoms with E-state index >= 15 is 0 Å². The summed E-state index contributed by atoms with van der Waals surface area (Å²) in [7, 11) is 0. The minimum absolute atomic E-state index is 0.689. The Kier molecular flexibility index (Phi) is 3.97. The Balaban J connectivity index is 1.95. The Morgan fingerprint density at radius 1 is 1.30 bits per heavy atom. The highest BCUT2D eigenvalue weighted by Gasteiger charge is 2.15. The number of nitrogens with one attached hydrogen (secondary N) is 1. The zero-order valence-corrected chi connectivity index (χ0v) is 11.8. The van der Waals surface area contributed by atoms with Crippen molar-refractivity contribution in [3.8, 4) is 11.6 Å². The monoisotopic (exact) mass is 272 g/mol. The fourth-order valence-corrected chi connectivity index (χ4v) is 2.44. The van der Waals surface area contributed by atoms with Gasteiger partial charge in [-0.15, -0.1) is 0 Å². The first-order valence-corrected chi connectivity index (χ1v) is 7.24. The van der Waals surface area contributed by atoms with Gasteiger partial charge in [-0.1, -0.05) is 13.3 Å². The minimum atomic E-state index is 0.689. The number of rotatable bonds is 4. The summed E-state index contributed by atoms with van der Waals surface area (Å²) in [6.07, 6.45) is 3.71. The highest BCUT2D eigenvalue weighted by Crippen LogP contribution is 2.21. The molecule has 2 aromatic rings. The maximum Gasteiger partial charge on any atom is 0.197 e. The normalized spacial score (nSPS) is 15.6. The topological polar surface area (TPSA) is 54.2 Å². The molecule has 0 amide bonds. The summed E-state index contributed by atoms with van der Waals surface area (Å²) >= 11 is 0. The molecule has 0 unspecified atom stereocenters. The molecule has 3 rings (SSSR count). The Bertz CT molecular complexity index is 547. The van der Waals surface area contributed by atoms with Crippen LogP contribution in [0.3, 0.4) is 0 Å². The lowest BCUT2D eigenvalue weighted by Gasteiger charge is -2.28. The summed E-state index contributed by atoms with van der Waals surface area (Å²) < 4.78 is 5.44. The van der Waals surface area contributed by atoms with Gasteiger partial charge in [0.05, 0.1) is 6.26 Å². The number of nitrogens with zero attached hydrogens (tertiary/aromatic N) is 3. The molecule has 20 heavy (non-hydrogen) atoms. The molecule has 1 aliphatic heterocycles. The SMILES string of the molecule is CCCc1cc(N2CCNCC2)nc(-c2ccco2)n1. The highest BCUT2D eigenvalue weighted by atomic mass is 16.3. The van der Waals surface area contributed by atoms with Crippen molar-refractivity contribution in [3.63, 3.8) is 0 Å². The van der Waals surface area contributed by atoms with Crippen LogP contribution in [0, 0.1) is 0 Å². The molecular formula is C15H20N4O. The van der Waals surface area contributed by atoms with Crippen LogP contribution in [-0.2, 0) is 6.42 Å². The number of aryl methyl sites for hydroxylation is 1. The van der Waals surface area contributed by atoms with E-state index in [0.717, 1.165) is 56.3 Å². The van der Waals surface area contributed by atoms with E-state index in [1.54, 1.807) is 6.26 Å². The predicted molar refractivity (Wildman–Crippen MR) is 78.8 cm³/mol. The Labute approximate surface area is 119 Å². The van der Waals surface area contributed by atoms with Crippen molar-refractivity contribution in [2.75, 3.05) is 31.1 Å². The second-order valence-electron chi connectivity index (χ2n) is 5.01. The van der Waals surface area contributed by atoms with Crippen LogP contribution >= 0.6 is 0 Å². The lowest BCUT2D eigenvalue weighted by atomic mass is 10.2. The summed E-state index contributed by atoms with van der Waals surface area (Å²) in [4.78, 5) is 11.6. The summed E-state index contributed by atoms with van der Waals surface area (Å²) in [5, 5.41) is 3.36. The van der Waals surface area contributed by atoms with E-state index < -0.39 is 0 Å². The molecule has 3 heterocycles. The molecule has 5 heteroatoms. The molecule has 1 fully saturated rings. The molecule has 106 valence electrons. The number of aromatic nitrogens is 2. The second kappa shape index (κ2) is 6.05. The van der Waals surface area contributed by atoms with Gasteiger partial charge in [-0.2, -0.15) is 0 Å². The van der Waals surface area contributed by atoms with Crippen LogP contribution in [0.15, 0.2) is 28.9 Å². The third-order valence-electron chi connectivity index (χ3n) is 3.45. The molecule has 0 aliphatic carbocycles. The van der Waals surface area contributed by atoms with E-state index in [2.05, 4.69) is 33.2 Å². The van der Waals surface area contributed by atoms with Crippen molar-refractivity contribution in [2.24, 2.45) is 0 Å². The molecule has 0 atom stereocenters. The number of hydrogen-bond acceptors (Lipinski definition) is 5. The van der Waals surface area contributed by atoms with E-state index in [4.69, 9.17) is 4.42 Å². The molecule has 0 bridgehead atoms. The molecule has 0 spiro atoms. The van der Waals surface area contributed by atoms with Gasteiger partial charge in [-0.3, -0.25) is 0 Å². The van der Waals surface area contributed by atoms with Gasteiger partial charge in [0.2, 0.25) is 0 Å². The molecule has 1 aliphatic rings. The number of hydrogen-bond donors (Lipinski definition) is 1. The van der Waals surface area contributed by atoms with Crippen molar-refractivity contribution in [1.29, 1.82) is 0 Å². The van der Waals surface area contributed by atoms with Crippen molar-refractivity contribution in [2.45, 2.75) is 19.8 Å². The summed E-state index contributed by atoms with van der Waals surface area (Å²) in [5.74, 6) is 2.44. The summed E-state index contributed by atoms with van der Waals surface area (Å²) in [6.45, 7) is 6.14. The maximum absolute atomic E-state index is 5.44. The van der Waals surface area contributed by atoms with Crippen LogP contribution in [0.4, 0.5) is 5.82 Å². The molecule has 0 radical (unpaired) electrons. The van der Waals surface area contributed by atoms with E-state index in [-0.39, 0.29) is 0 Å². The van der Waals surface area contributed by atoms with Crippen LogP contribution in [0.25, 0.3) is 11.6 Å². The van der Waals surface area contributed by atoms with Crippen LogP contribution in [-0.4, -0.2) is 36.1 Å². The molecule has 5 nitrogen and oxygen atoms in total. The van der Waals surface area contributed by atoms with E-state index in [0.29, 0.717) is 5.82 Å². The average Bonchev–Trinajstić information content (AvgIpc) is 3.02. The van der Waals surface area contributed by atoms with Crippen molar-refractivity contribution in [1.82, 2.24) is 15.3 Å². The van der Waals surface area contributed by atoms with Crippen molar-refractivity contribution >= 4 is 5.82 Å². The maximum atomic E-state index is 5.44. The van der Waals surface area contributed by atoms with Gasteiger partial charge in [-0.25, -0.2) is 9.97 Å². The van der Waals surface area contributed by atoms with Gasteiger partial charge in [0.1, 0.15) is 5.82 Å². The largest absolute Gasteiger partial charge is 0.461 e. The Hall–Kier alpha value is -1.88. The van der Waals surface area contributed by atoms with Gasteiger partial charge in [0.25, 0.3) is 0 Å². The standard InChI is InChI=1S/C15H20N4O/c1-2-4-12-11-14(19-8-6-16-7-9-19)18-15(17-12)13-5-3-10-20-13/h3,5,10-11,16H,2,4,6-9H2,1H3. The highest BCUT2D eigenvalue weighted by molar-refractivity contribution is 5.52. The first-order chi connectivity index (χ1) is 9.86. The molecule has 2 aromatic heterocycles. The van der Waals surface area contributed by atoms with Crippen molar-refractivity contribution < 1.29 is 4.42 Å². The zero-order valence-electron chi connectivity index (χ0n) is 11.8. The van der Waals surface area contributed by atoms with Crippen LogP contribution in [0.5, 0.6) is 0 Å². The third-order valence-corrected chi connectivity index (χ3v) is 3.45. The van der Waals surface area contributed by atoms with E-state index in [9.17, 15) is 0 Å². The van der Waals surface area contributed by atoms with Crippen LogP contribution in [0.1, 0.15) is 19.0 Å². The summed E-state index contributed by atoms with van der Waals surface area (Å²) in [6, 6.07) is 5.89. The number of furan rings is 1. The smallest absolute Gasteiger partial charge is 0.197 e. The number of anilines is 1. The second-order valence-corrected chi connectivity index (χ2v) is 5.01. The fourth-order valence-electron chi connectivity index (χ4n) is 2.44. The third kappa shape index (κ3) is 2.82. The molecular weight excluding hydrogens is 252 g/mol. The van der Waals surface area contributed by atoms with E-state index in [1.165, 1.54) is 0 Å². The van der Waals surface area contributed by atoms with E-state index in [1.807, 2.05) is 12.1 Å². The molecule has 1 N–H and O–H groups in total. The summed E-state index contributed by atoms with van der Waals surface area (Å²) in [5.41, 5.74) is 1.09. The molecule has 1 saturated heterocycles. The van der Waals surface area contributed by atoms with Crippen molar-refractivity contribution in [3.05, 3.63) is 30.2 Å². The van der Waals surface area contributed by atoms with Gasteiger partial charge in [-0.05, 0) is 18.6 Å². The Morgan fingerprint density at radius 3 is 2.85 bits per heavy atom. The first kappa shape index (κ1) is 13.1. The lowest BCUT2D eigenvalue weighted by Crippen LogP contribution is -2.44. The van der Waals surface area contributed by atoms with Crippen LogP contribution in [0.2, 0.25) is 0 Å². The van der Waals surface area contributed by atoms with Gasteiger partial charge >= 0.3 is 0 Å². The zero-order chi connectivity index (χ0) is 13.8. The minimum Gasteiger partial charge on any atom is -0.461 e. The quantitative estimate of drug-likeness (QED) is 0.923. The molecule has 0 aromatic carbocycles. The fraction of sp³-hybridized carbons (Fsp3) is 0.467. The predicted octanol–water partition coefficient (Wildman–Crippen LogP) is 2.10. The van der Waals surface area contributed by atoms with Gasteiger partial charge in [0, 0.05) is 37.9 Å². The van der Waals surface area contributed by atoms with Gasteiger partial charge < -0.3 is 14.6 Å². The Morgan fingerprint density at radius 2 is 2.15 bits per heavy atom. The van der Waals surface area contributed by atoms with Crippen LogP contribution < -0.4 is 10.2 Å². The molecule has 0 saturated carbocycles. The average molecular weight is 272 g/mol. The lowest BCUT2D eigenvalue weighted by molar-refractivity contribution is 0.572. The number of piperazine rings is 1. The van der Waals surface area contributed by atoms with Gasteiger partial charge in [0.15, 0.2) is 11.6 Å². The first-order valence-electron chi connectivity index (χ1n) is 7.24.